The highest BCUT2D eigenvalue weighted by atomic mass is 16.5. The molecule has 19 heavy (non-hydrogen) atoms. The van der Waals surface area contributed by atoms with Crippen molar-refractivity contribution in [3.05, 3.63) is 30.2 Å². The fourth-order valence-corrected chi connectivity index (χ4v) is 2.03. The number of ether oxygens (including phenoxy) is 1. The molecule has 2 N–H and O–H groups in total. The summed E-state index contributed by atoms with van der Waals surface area (Å²) in [6.07, 6.45) is 1.65. The van der Waals surface area contributed by atoms with Gasteiger partial charge in [0.2, 0.25) is 0 Å². The van der Waals surface area contributed by atoms with Gasteiger partial charge >= 0.3 is 0 Å². The summed E-state index contributed by atoms with van der Waals surface area (Å²) in [4.78, 5) is 20.2. The lowest BCUT2D eigenvalue weighted by molar-refractivity contribution is -0.120. The second-order valence-corrected chi connectivity index (χ2v) is 4.33. The predicted octanol–water partition coefficient (Wildman–Crippen LogP) is 0.924. The van der Waals surface area contributed by atoms with Crippen LogP contribution in [0.15, 0.2) is 24.4 Å². The molecule has 2 heterocycles. The first kappa shape index (κ1) is 11.7. The van der Waals surface area contributed by atoms with Crippen molar-refractivity contribution in [3.63, 3.8) is 0 Å². The number of imidazole rings is 1. The third kappa shape index (κ3) is 1.96. The van der Waals surface area contributed by atoms with Gasteiger partial charge in [-0.3, -0.25) is 4.79 Å². The van der Waals surface area contributed by atoms with Gasteiger partial charge in [-0.1, -0.05) is 0 Å². The molecule has 0 fully saturated rings. The number of amides is 1. The van der Waals surface area contributed by atoms with Gasteiger partial charge in [-0.15, -0.1) is 0 Å². The van der Waals surface area contributed by atoms with Gasteiger partial charge in [0.25, 0.3) is 5.91 Å². The first-order valence-electron chi connectivity index (χ1n) is 5.87. The molecule has 6 heteroatoms. The standard InChI is InChI=1S/C13H13N3O3/c1-16-10-4-8(9-5-14-12(6-17)15-9)2-3-11(10)19-7-13(16)18/h2-5,17H,6-7H2,1H3,(H,14,15). The number of anilines is 1. The van der Waals surface area contributed by atoms with Crippen LogP contribution in [0.4, 0.5) is 5.69 Å². The van der Waals surface area contributed by atoms with E-state index in [1.54, 1.807) is 18.1 Å². The number of benzene rings is 1. The average Bonchev–Trinajstić information content (AvgIpc) is 2.92. The van der Waals surface area contributed by atoms with Gasteiger partial charge in [0.1, 0.15) is 18.2 Å². The van der Waals surface area contributed by atoms with Crippen LogP contribution < -0.4 is 9.64 Å². The zero-order chi connectivity index (χ0) is 13.4. The Morgan fingerprint density at radius 2 is 2.37 bits per heavy atom. The van der Waals surface area contributed by atoms with Gasteiger partial charge in [-0.2, -0.15) is 0 Å². The van der Waals surface area contributed by atoms with Crippen molar-refractivity contribution in [3.8, 4) is 17.0 Å². The fraction of sp³-hybridized carbons (Fsp3) is 0.231. The van der Waals surface area contributed by atoms with Crippen molar-refractivity contribution in [1.29, 1.82) is 0 Å². The van der Waals surface area contributed by atoms with Crippen molar-refractivity contribution in [2.45, 2.75) is 6.61 Å². The predicted molar refractivity (Wildman–Crippen MR) is 68.9 cm³/mol. The quantitative estimate of drug-likeness (QED) is 0.840. The van der Waals surface area contributed by atoms with E-state index in [0.29, 0.717) is 11.6 Å². The van der Waals surface area contributed by atoms with Crippen LogP contribution in [0.2, 0.25) is 0 Å². The number of likely N-dealkylation sites (N-methyl/N-ethyl adjacent to an activating group) is 1. The molecule has 0 bridgehead atoms. The second kappa shape index (κ2) is 4.40. The average molecular weight is 259 g/mol. The number of aromatic nitrogens is 2. The zero-order valence-corrected chi connectivity index (χ0v) is 10.4. The molecule has 6 nitrogen and oxygen atoms in total. The molecule has 0 aliphatic carbocycles. The SMILES string of the molecule is CN1C(=O)COc2ccc(-c3cnc(CO)[nH]3)cc21. The maximum atomic E-state index is 11.6. The first-order valence-corrected chi connectivity index (χ1v) is 5.87. The largest absolute Gasteiger partial charge is 0.482 e. The molecule has 1 aromatic heterocycles. The number of H-pyrrole nitrogens is 1. The van der Waals surface area contributed by atoms with Gasteiger partial charge in [0, 0.05) is 12.6 Å². The number of nitrogens with zero attached hydrogens (tertiary/aromatic N) is 2. The summed E-state index contributed by atoms with van der Waals surface area (Å²) in [6.45, 7) is -0.0615. The lowest BCUT2D eigenvalue weighted by Gasteiger charge is -2.26. The minimum absolute atomic E-state index is 0.0710. The zero-order valence-electron chi connectivity index (χ0n) is 10.4. The Labute approximate surface area is 109 Å². The normalized spacial score (nSPS) is 14.2. The van der Waals surface area contributed by atoms with E-state index < -0.39 is 0 Å². The van der Waals surface area contributed by atoms with Crippen molar-refractivity contribution in [2.75, 3.05) is 18.6 Å². The Balaban J connectivity index is 2.03. The molecular weight excluding hydrogens is 246 g/mol. The first-order chi connectivity index (χ1) is 9.19. The summed E-state index contributed by atoms with van der Waals surface area (Å²) in [7, 11) is 1.72. The summed E-state index contributed by atoms with van der Waals surface area (Å²) in [6, 6.07) is 5.57. The van der Waals surface area contributed by atoms with Gasteiger partial charge in [0.05, 0.1) is 17.6 Å². The van der Waals surface area contributed by atoms with E-state index in [4.69, 9.17) is 9.84 Å². The van der Waals surface area contributed by atoms with Crippen LogP contribution in [0.25, 0.3) is 11.3 Å². The number of carbonyl (C=O) groups excluding carboxylic acids is 1. The number of fused-ring (bicyclic) bond motifs is 1. The number of carbonyl (C=O) groups is 1. The van der Waals surface area contributed by atoms with E-state index in [9.17, 15) is 4.79 Å². The second-order valence-electron chi connectivity index (χ2n) is 4.33. The maximum Gasteiger partial charge on any atom is 0.264 e. The Kier molecular flexibility index (Phi) is 2.72. The maximum absolute atomic E-state index is 11.6. The number of rotatable bonds is 2. The van der Waals surface area contributed by atoms with Crippen molar-refractivity contribution in [1.82, 2.24) is 9.97 Å². The van der Waals surface area contributed by atoms with Crippen LogP contribution in [0.1, 0.15) is 5.82 Å². The van der Waals surface area contributed by atoms with Gasteiger partial charge in [0.15, 0.2) is 6.61 Å². The third-order valence-electron chi connectivity index (χ3n) is 3.13. The van der Waals surface area contributed by atoms with Gasteiger partial charge in [-0.25, -0.2) is 4.98 Å². The molecule has 0 atom stereocenters. The summed E-state index contributed by atoms with van der Waals surface area (Å²) < 4.78 is 5.37. The molecule has 1 amide bonds. The van der Waals surface area contributed by atoms with E-state index in [-0.39, 0.29) is 19.1 Å². The van der Waals surface area contributed by atoms with E-state index in [2.05, 4.69) is 9.97 Å². The van der Waals surface area contributed by atoms with Gasteiger partial charge in [-0.05, 0) is 18.2 Å². The van der Waals surface area contributed by atoms with Crippen LogP contribution in [0, 0.1) is 0 Å². The molecule has 0 unspecified atom stereocenters. The summed E-state index contributed by atoms with van der Waals surface area (Å²) >= 11 is 0. The molecule has 2 aromatic rings. The number of nitrogens with one attached hydrogen (secondary N) is 1. The van der Waals surface area contributed by atoms with Crippen molar-refractivity contribution >= 4 is 11.6 Å². The number of aliphatic hydroxyl groups excluding tert-OH is 1. The molecule has 1 aliphatic rings. The minimum atomic E-state index is -0.132. The highest BCUT2D eigenvalue weighted by Crippen LogP contribution is 2.34. The van der Waals surface area contributed by atoms with Crippen LogP contribution in [0.3, 0.4) is 0 Å². The highest BCUT2D eigenvalue weighted by Gasteiger charge is 2.22. The molecule has 3 rings (SSSR count). The van der Waals surface area contributed by atoms with E-state index in [1.165, 1.54) is 0 Å². The number of hydrogen-bond donors (Lipinski definition) is 2. The number of aromatic amines is 1. The number of aliphatic hydroxyl groups is 1. The molecule has 0 saturated heterocycles. The Morgan fingerprint density at radius 3 is 3.11 bits per heavy atom. The number of hydrogen-bond acceptors (Lipinski definition) is 4. The van der Waals surface area contributed by atoms with Crippen LogP contribution in [-0.2, 0) is 11.4 Å². The van der Waals surface area contributed by atoms with Crippen molar-refractivity contribution < 1.29 is 14.6 Å². The molecule has 0 radical (unpaired) electrons. The topological polar surface area (TPSA) is 78.5 Å². The monoisotopic (exact) mass is 259 g/mol. The van der Waals surface area contributed by atoms with Crippen LogP contribution in [-0.4, -0.2) is 34.6 Å². The summed E-state index contributed by atoms with van der Waals surface area (Å²) in [5.41, 5.74) is 2.41. The minimum Gasteiger partial charge on any atom is -0.482 e. The lowest BCUT2D eigenvalue weighted by Crippen LogP contribution is -2.35. The third-order valence-corrected chi connectivity index (χ3v) is 3.13. The van der Waals surface area contributed by atoms with Gasteiger partial charge < -0.3 is 19.7 Å². The molecule has 0 spiro atoms. The van der Waals surface area contributed by atoms with E-state index >= 15 is 0 Å². The Morgan fingerprint density at radius 1 is 1.53 bits per heavy atom. The lowest BCUT2D eigenvalue weighted by atomic mass is 10.1. The van der Waals surface area contributed by atoms with Crippen molar-refractivity contribution in [2.24, 2.45) is 0 Å². The van der Waals surface area contributed by atoms with Crippen LogP contribution >= 0.6 is 0 Å². The summed E-state index contributed by atoms with van der Waals surface area (Å²) in [5, 5.41) is 9.00. The smallest absolute Gasteiger partial charge is 0.264 e. The highest BCUT2D eigenvalue weighted by molar-refractivity contribution is 5.98. The fourth-order valence-electron chi connectivity index (χ4n) is 2.03. The molecule has 1 aromatic carbocycles. The van der Waals surface area contributed by atoms with Crippen LogP contribution in [0.5, 0.6) is 5.75 Å². The molecule has 1 aliphatic heterocycles. The Bertz CT molecular complexity index is 636. The molecule has 0 saturated carbocycles. The van der Waals surface area contributed by atoms with E-state index in [1.807, 2.05) is 18.2 Å². The molecule has 98 valence electrons. The van der Waals surface area contributed by atoms with E-state index in [0.717, 1.165) is 16.9 Å². The summed E-state index contributed by atoms with van der Waals surface area (Å²) in [5.74, 6) is 1.12. The Hall–Kier alpha value is -2.34. The molecular formula is C13H13N3O3.